The van der Waals surface area contributed by atoms with E-state index in [1.54, 1.807) is 0 Å². The Hall–Kier alpha value is -0.210. The molecule has 108 valence electrons. The fraction of sp³-hybridized carbons (Fsp3) is 0.625. The molecule has 0 aliphatic heterocycles. The zero-order valence-electron chi connectivity index (χ0n) is 11.9. The van der Waals surface area contributed by atoms with Crippen molar-refractivity contribution in [1.82, 2.24) is 0 Å². The van der Waals surface area contributed by atoms with Crippen molar-refractivity contribution in [3.05, 3.63) is 27.7 Å². The molecule has 1 aromatic rings. The van der Waals surface area contributed by atoms with Gasteiger partial charge in [-0.2, -0.15) is 0 Å². The Morgan fingerprint density at radius 3 is 2.32 bits per heavy atom. The molecule has 0 saturated heterocycles. The molecule has 0 aliphatic rings. The molecule has 0 atom stereocenters. The Morgan fingerprint density at radius 2 is 1.63 bits per heavy atom. The Labute approximate surface area is 131 Å². The van der Waals surface area contributed by atoms with Gasteiger partial charge in [0.05, 0.1) is 10.7 Å². The van der Waals surface area contributed by atoms with Gasteiger partial charge in [-0.25, -0.2) is 0 Å². The maximum absolute atomic E-state index is 6.12. The zero-order chi connectivity index (χ0) is 13.9. The minimum Gasteiger partial charge on any atom is -0.384 e. The molecule has 1 N–H and O–H groups in total. The maximum Gasteiger partial charge on any atom is 0.0638 e. The van der Waals surface area contributed by atoms with Crippen LogP contribution in [0.2, 0.25) is 5.02 Å². The maximum atomic E-state index is 6.12. The summed E-state index contributed by atoms with van der Waals surface area (Å²) in [5.41, 5.74) is 1.03. The van der Waals surface area contributed by atoms with Crippen molar-refractivity contribution in [3.8, 4) is 0 Å². The van der Waals surface area contributed by atoms with Crippen LogP contribution in [0, 0.1) is 0 Å². The van der Waals surface area contributed by atoms with Gasteiger partial charge in [0.25, 0.3) is 0 Å². The number of rotatable bonds is 10. The smallest absolute Gasteiger partial charge is 0.0638 e. The predicted octanol–water partition coefficient (Wildman–Crippen LogP) is 6.66. The van der Waals surface area contributed by atoms with Crippen molar-refractivity contribution in [2.75, 3.05) is 11.9 Å². The third-order valence-electron chi connectivity index (χ3n) is 3.27. The standard InChI is InChI=1S/C16H25BrClN/c1-2-3-4-5-6-7-8-9-12-19-16-13-14(17)10-11-15(16)18/h10-11,13,19H,2-9,12H2,1H3. The van der Waals surface area contributed by atoms with E-state index >= 15 is 0 Å². The highest BCUT2D eigenvalue weighted by Crippen LogP contribution is 2.25. The zero-order valence-corrected chi connectivity index (χ0v) is 14.2. The Balaban J connectivity index is 2.03. The average Bonchev–Trinajstić information content (AvgIpc) is 2.40. The molecule has 0 heterocycles. The summed E-state index contributed by atoms with van der Waals surface area (Å²) in [7, 11) is 0. The highest BCUT2D eigenvalue weighted by molar-refractivity contribution is 9.10. The predicted molar refractivity (Wildman–Crippen MR) is 90.3 cm³/mol. The molecule has 3 heteroatoms. The Bertz CT molecular complexity index is 355. The van der Waals surface area contributed by atoms with E-state index in [0.29, 0.717) is 0 Å². The van der Waals surface area contributed by atoms with Gasteiger partial charge in [0, 0.05) is 11.0 Å². The summed E-state index contributed by atoms with van der Waals surface area (Å²) in [5.74, 6) is 0. The lowest BCUT2D eigenvalue weighted by Gasteiger charge is -2.08. The van der Waals surface area contributed by atoms with E-state index in [1.165, 1.54) is 51.4 Å². The largest absolute Gasteiger partial charge is 0.384 e. The molecule has 0 fully saturated rings. The third kappa shape index (κ3) is 7.84. The van der Waals surface area contributed by atoms with Gasteiger partial charge in [-0.05, 0) is 24.6 Å². The SMILES string of the molecule is CCCCCCCCCCNc1cc(Br)ccc1Cl. The van der Waals surface area contributed by atoms with Crippen LogP contribution in [-0.2, 0) is 0 Å². The number of unbranched alkanes of at least 4 members (excludes halogenated alkanes) is 7. The van der Waals surface area contributed by atoms with Gasteiger partial charge < -0.3 is 5.32 Å². The van der Waals surface area contributed by atoms with Crippen molar-refractivity contribution >= 4 is 33.2 Å². The normalized spacial score (nSPS) is 10.7. The molecule has 0 unspecified atom stereocenters. The van der Waals surface area contributed by atoms with Crippen molar-refractivity contribution in [2.24, 2.45) is 0 Å². The van der Waals surface area contributed by atoms with Gasteiger partial charge in [-0.3, -0.25) is 0 Å². The van der Waals surface area contributed by atoms with E-state index in [4.69, 9.17) is 11.6 Å². The van der Waals surface area contributed by atoms with E-state index in [2.05, 4.69) is 28.2 Å². The van der Waals surface area contributed by atoms with Gasteiger partial charge >= 0.3 is 0 Å². The van der Waals surface area contributed by atoms with Crippen molar-refractivity contribution < 1.29 is 0 Å². The van der Waals surface area contributed by atoms with Crippen LogP contribution in [0.1, 0.15) is 58.3 Å². The number of benzene rings is 1. The third-order valence-corrected chi connectivity index (χ3v) is 4.10. The van der Waals surface area contributed by atoms with Crippen LogP contribution in [0.4, 0.5) is 5.69 Å². The summed E-state index contributed by atoms with van der Waals surface area (Å²) in [6.45, 7) is 3.27. The van der Waals surface area contributed by atoms with Crippen LogP contribution >= 0.6 is 27.5 Å². The molecular formula is C16H25BrClN. The quantitative estimate of drug-likeness (QED) is 0.467. The number of hydrogen-bond donors (Lipinski definition) is 1. The van der Waals surface area contributed by atoms with E-state index in [-0.39, 0.29) is 0 Å². The first-order valence-electron chi connectivity index (χ1n) is 7.43. The minimum absolute atomic E-state index is 0.794. The van der Waals surface area contributed by atoms with Gasteiger partial charge in [-0.15, -0.1) is 0 Å². The van der Waals surface area contributed by atoms with Crippen molar-refractivity contribution in [2.45, 2.75) is 58.3 Å². The molecule has 0 saturated carbocycles. The summed E-state index contributed by atoms with van der Waals surface area (Å²) in [5, 5.41) is 4.20. The second kappa shape index (κ2) is 10.6. The van der Waals surface area contributed by atoms with Crippen molar-refractivity contribution in [3.63, 3.8) is 0 Å². The van der Waals surface area contributed by atoms with Gasteiger partial charge in [-0.1, -0.05) is 79.4 Å². The second-order valence-corrected chi connectivity index (χ2v) is 6.35. The summed E-state index contributed by atoms with van der Waals surface area (Å²) in [6.07, 6.45) is 10.8. The van der Waals surface area contributed by atoms with Crippen LogP contribution in [-0.4, -0.2) is 6.54 Å². The molecule has 0 radical (unpaired) electrons. The first-order valence-corrected chi connectivity index (χ1v) is 8.60. The first kappa shape index (κ1) is 16.8. The lowest BCUT2D eigenvalue weighted by atomic mass is 10.1. The monoisotopic (exact) mass is 345 g/mol. The van der Waals surface area contributed by atoms with Gasteiger partial charge in [0.2, 0.25) is 0 Å². The minimum atomic E-state index is 0.794. The fourth-order valence-corrected chi connectivity index (χ4v) is 2.66. The molecule has 1 aromatic carbocycles. The summed E-state index contributed by atoms with van der Waals surface area (Å²) in [6, 6.07) is 5.92. The highest BCUT2D eigenvalue weighted by atomic mass is 79.9. The molecule has 0 spiro atoms. The lowest BCUT2D eigenvalue weighted by molar-refractivity contribution is 0.581. The van der Waals surface area contributed by atoms with Crippen LogP contribution in [0.15, 0.2) is 22.7 Å². The van der Waals surface area contributed by atoms with Gasteiger partial charge in [0.1, 0.15) is 0 Å². The lowest BCUT2D eigenvalue weighted by Crippen LogP contribution is -2.01. The van der Waals surface area contributed by atoms with Crippen molar-refractivity contribution in [1.29, 1.82) is 0 Å². The molecule has 0 aliphatic carbocycles. The molecule has 19 heavy (non-hydrogen) atoms. The first-order chi connectivity index (χ1) is 9.24. The number of hydrogen-bond acceptors (Lipinski definition) is 1. The van der Waals surface area contributed by atoms with E-state index < -0.39 is 0 Å². The molecular weight excluding hydrogens is 322 g/mol. The van der Waals surface area contributed by atoms with E-state index in [9.17, 15) is 0 Å². The van der Waals surface area contributed by atoms with Gasteiger partial charge in [0.15, 0.2) is 0 Å². The second-order valence-electron chi connectivity index (χ2n) is 5.03. The van der Waals surface area contributed by atoms with E-state index in [1.807, 2.05) is 18.2 Å². The van der Waals surface area contributed by atoms with Crippen LogP contribution in [0.3, 0.4) is 0 Å². The molecule has 1 rings (SSSR count). The van der Waals surface area contributed by atoms with Crippen LogP contribution < -0.4 is 5.32 Å². The number of nitrogens with one attached hydrogen (secondary N) is 1. The fourth-order valence-electron chi connectivity index (χ4n) is 2.11. The molecule has 0 aromatic heterocycles. The molecule has 0 amide bonds. The topological polar surface area (TPSA) is 12.0 Å². The molecule has 0 bridgehead atoms. The summed E-state index contributed by atoms with van der Waals surface area (Å²) < 4.78 is 1.07. The Morgan fingerprint density at radius 1 is 1.00 bits per heavy atom. The average molecular weight is 347 g/mol. The number of halogens is 2. The summed E-state index contributed by atoms with van der Waals surface area (Å²) >= 11 is 9.59. The van der Waals surface area contributed by atoms with E-state index in [0.717, 1.165) is 21.7 Å². The highest BCUT2D eigenvalue weighted by Gasteiger charge is 1.99. The van der Waals surface area contributed by atoms with Crippen LogP contribution in [0.25, 0.3) is 0 Å². The number of anilines is 1. The Kier molecular flexibility index (Phi) is 9.36. The summed E-state index contributed by atoms with van der Waals surface area (Å²) in [4.78, 5) is 0. The molecule has 1 nitrogen and oxygen atoms in total. The van der Waals surface area contributed by atoms with Crippen LogP contribution in [0.5, 0.6) is 0 Å².